The third-order valence-corrected chi connectivity index (χ3v) is 1.52. The van der Waals surface area contributed by atoms with Crippen LogP contribution in [0.5, 0.6) is 11.5 Å². The third-order valence-electron chi connectivity index (χ3n) is 1.52. The van der Waals surface area contributed by atoms with E-state index in [-0.39, 0.29) is 11.4 Å². The molecular formula is C7H8N2O4. The first-order valence-electron chi connectivity index (χ1n) is 3.37. The van der Waals surface area contributed by atoms with Gasteiger partial charge >= 0.3 is 5.69 Å². The minimum Gasteiger partial charge on any atom is -0.502 e. The number of phenolic OH excluding ortho intramolecular Hbond substituents is 1. The number of aromatic hydroxyl groups is 1. The maximum Gasteiger partial charge on any atom is 0.313 e. The van der Waals surface area contributed by atoms with Gasteiger partial charge in [0.2, 0.25) is 0 Å². The molecular weight excluding hydrogens is 176 g/mol. The highest BCUT2D eigenvalue weighted by Crippen LogP contribution is 2.34. The molecule has 1 aromatic carbocycles. The summed E-state index contributed by atoms with van der Waals surface area (Å²) >= 11 is 0. The van der Waals surface area contributed by atoms with Gasteiger partial charge in [-0.25, -0.2) is 0 Å². The van der Waals surface area contributed by atoms with Gasteiger partial charge in [0.1, 0.15) is 5.75 Å². The van der Waals surface area contributed by atoms with Crippen molar-refractivity contribution in [2.45, 2.75) is 0 Å². The van der Waals surface area contributed by atoms with Crippen molar-refractivity contribution < 1.29 is 14.8 Å². The molecule has 0 unspecified atom stereocenters. The summed E-state index contributed by atoms with van der Waals surface area (Å²) in [5.74, 6) is -0.251. The van der Waals surface area contributed by atoms with E-state index in [0.717, 1.165) is 12.1 Å². The van der Waals surface area contributed by atoms with Gasteiger partial charge in [-0.2, -0.15) is 0 Å². The Balaban J connectivity index is 3.28. The summed E-state index contributed by atoms with van der Waals surface area (Å²) < 4.78 is 4.75. The van der Waals surface area contributed by atoms with Crippen molar-refractivity contribution in [3.05, 3.63) is 22.2 Å². The molecule has 0 saturated carbocycles. The molecule has 0 heterocycles. The van der Waals surface area contributed by atoms with E-state index in [1.807, 2.05) is 0 Å². The number of nitro benzene ring substituents is 1. The van der Waals surface area contributed by atoms with Crippen LogP contribution in [0.2, 0.25) is 0 Å². The van der Waals surface area contributed by atoms with Crippen LogP contribution in [0, 0.1) is 10.1 Å². The van der Waals surface area contributed by atoms with Crippen LogP contribution in [0.25, 0.3) is 0 Å². The molecule has 0 spiro atoms. The second-order valence-electron chi connectivity index (χ2n) is 2.34. The minimum absolute atomic E-state index is 0.118. The fourth-order valence-electron chi connectivity index (χ4n) is 0.897. The number of rotatable bonds is 2. The minimum atomic E-state index is -0.717. The number of ether oxygens (including phenoxy) is 1. The zero-order chi connectivity index (χ0) is 10.0. The van der Waals surface area contributed by atoms with Crippen LogP contribution in [0.15, 0.2) is 12.1 Å². The molecule has 0 atom stereocenters. The van der Waals surface area contributed by atoms with Gasteiger partial charge in [-0.1, -0.05) is 0 Å². The van der Waals surface area contributed by atoms with Gasteiger partial charge in [0.15, 0.2) is 5.75 Å². The van der Waals surface area contributed by atoms with Crippen LogP contribution in [0.3, 0.4) is 0 Å². The topological polar surface area (TPSA) is 98.6 Å². The van der Waals surface area contributed by atoms with E-state index in [2.05, 4.69) is 0 Å². The maximum atomic E-state index is 10.3. The molecule has 6 heteroatoms. The molecule has 0 radical (unpaired) electrons. The third kappa shape index (κ3) is 1.61. The van der Waals surface area contributed by atoms with E-state index in [4.69, 9.17) is 15.6 Å². The van der Waals surface area contributed by atoms with E-state index in [1.54, 1.807) is 0 Å². The van der Waals surface area contributed by atoms with Crippen molar-refractivity contribution in [2.75, 3.05) is 12.8 Å². The lowest BCUT2D eigenvalue weighted by atomic mass is 10.2. The molecule has 1 rings (SSSR count). The first-order chi connectivity index (χ1) is 6.06. The van der Waals surface area contributed by atoms with Gasteiger partial charge in [-0.15, -0.1) is 0 Å². The lowest BCUT2D eigenvalue weighted by Gasteiger charge is -2.04. The fourth-order valence-corrected chi connectivity index (χ4v) is 0.897. The van der Waals surface area contributed by atoms with Crippen LogP contribution >= 0.6 is 0 Å². The number of nitrogens with zero attached hydrogens (tertiary/aromatic N) is 1. The summed E-state index contributed by atoms with van der Waals surface area (Å²) in [7, 11) is 1.36. The van der Waals surface area contributed by atoms with E-state index in [9.17, 15) is 10.1 Å². The van der Waals surface area contributed by atoms with Gasteiger partial charge in [0, 0.05) is 12.1 Å². The van der Waals surface area contributed by atoms with Crippen molar-refractivity contribution in [1.82, 2.24) is 0 Å². The molecule has 0 saturated heterocycles. The van der Waals surface area contributed by atoms with Crippen molar-refractivity contribution in [3.8, 4) is 11.5 Å². The average molecular weight is 184 g/mol. The van der Waals surface area contributed by atoms with E-state index >= 15 is 0 Å². The Morgan fingerprint density at radius 1 is 1.62 bits per heavy atom. The number of nitrogen functional groups attached to an aromatic ring is 1. The Labute approximate surface area is 73.7 Å². The van der Waals surface area contributed by atoms with Crippen molar-refractivity contribution in [3.63, 3.8) is 0 Å². The van der Waals surface area contributed by atoms with Crippen molar-refractivity contribution in [2.24, 2.45) is 0 Å². The molecule has 0 aliphatic carbocycles. The van der Waals surface area contributed by atoms with Crippen molar-refractivity contribution >= 4 is 11.4 Å². The van der Waals surface area contributed by atoms with Crippen LogP contribution < -0.4 is 10.5 Å². The van der Waals surface area contributed by atoms with Gasteiger partial charge in [0.05, 0.1) is 17.7 Å². The molecule has 0 bridgehead atoms. The zero-order valence-corrected chi connectivity index (χ0v) is 6.85. The number of benzene rings is 1. The van der Waals surface area contributed by atoms with E-state index in [0.29, 0.717) is 0 Å². The SMILES string of the molecule is COc1cc(O)c([N+](=O)[O-])cc1N. The first kappa shape index (κ1) is 9.11. The maximum absolute atomic E-state index is 10.3. The van der Waals surface area contributed by atoms with Crippen LogP contribution in [-0.2, 0) is 0 Å². The first-order valence-corrected chi connectivity index (χ1v) is 3.37. The smallest absolute Gasteiger partial charge is 0.313 e. The number of anilines is 1. The summed E-state index contributed by atoms with van der Waals surface area (Å²) in [5, 5.41) is 19.5. The summed E-state index contributed by atoms with van der Waals surface area (Å²) in [6.45, 7) is 0. The van der Waals surface area contributed by atoms with Gasteiger partial charge in [-0.3, -0.25) is 10.1 Å². The lowest BCUT2D eigenvalue weighted by molar-refractivity contribution is -0.385. The zero-order valence-electron chi connectivity index (χ0n) is 6.85. The second-order valence-corrected chi connectivity index (χ2v) is 2.34. The van der Waals surface area contributed by atoms with Gasteiger partial charge in [0.25, 0.3) is 0 Å². The number of nitrogens with two attached hydrogens (primary N) is 1. The summed E-state index contributed by atoms with van der Waals surface area (Å²) in [6, 6.07) is 2.15. The Kier molecular flexibility index (Phi) is 2.23. The van der Waals surface area contributed by atoms with Crippen molar-refractivity contribution in [1.29, 1.82) is 0 Å². The highest BCUT2D eigenvalue weighted by molar-refractivity contribution is 5.64. The molecule has 13 heavy (non-hydrogen) atoms. The Morgan fingerprint density at radius 3 is 2.69 bits per heavy atom. The Morgan fingerprint density at radius 2 is 2.23 bits per heavy atom. The number of hydrogen-bond donors (Lipinski definition) is 2. The Bertz CT molecular complexity index is 351. The molecule has 0 aliphatic heterocycles. The molecule has 0 aliphatic rings. The molecule has 0 fully saturated rings. The lowest BCUT2D eigenvalue weighted by Crippen LogP contribution is -1.95. The molecule has 0 amide bonds. The van der Waals surface area contributed by atoms with E-state index < -0.39 is 16.4 Å². The van der Waals surface area contributed by atoms with Crippen LogP contribution in [0.4, 0.5) is 11.4 Å². The predicted molar refractivity (Wildman–Crippen MR) is 45.7 cm³/mol. The molecule has 0 aromatic heterocycles. The molecule has 3 N–H and O–H groups in total. The van der Waals surface area contributed by atoms with Gasteiger partial charge in [-0.05, 0) is 0 Å². The summed E-state index contributed by atoms with van der Waals surface area (Å²) in [5.41, 5.74) is 5.08. The molecule has 70 valence electrons. The van der Waals surface area contributed by atoms with E-state index in [1.165, 1.54) is 7.11 Å². The monoisotopic (exact) mass is 184 g/mol. The fraction of sp³-hybridized carbons (Fsp3) is 0.143. The average Bonchev–Trinajstić information content (AvgIpc) is 2.07. The highest BCUT2D eigenvalue weighted by Gasteiger charge is 2.16. The molecule has 6 nitrogen and oxygen atoms in total. The van der Waals surface area contributed by atoms with Gasteiger partial charge < -0.3 is 15.6 Å². The number of hydrogen-bond acceptors (Lipinski definition) is 5. The Hall–Kier alpha value is -1.98. The normalized spacial score (nSPS) is 9.62. The number of methoxy groups -OCH3 is 1. The highest BCUT2D eigenvalue weighted by atomic mass is 16.6. The summed E-state index contributed by atoms with van der Waals surface area (Å²) in [4.78, 5) is 9.61. The molecule has 1 aromatic rings. The quantitative estimate of drug-likeness (QED) is 0.308. The second kappa shape index (κ2) is 3.18. The standard InChI is InChI=1S/C7H8N2O4/c1-13-7-3-6(10)5(9(11)12)2-4(7)8/h2-3,10H,8H2,1H3. The number of nitro groups is 1. The predicted octanol–water partition coefficient (Wildman–Crippen LogP) is 0.891. The van der Waals surface area contributed by atoms with Crippen LogP contribution in [0.1, 0.15) is 0 Å². The number of phenols is 1. The van der Waals surface area contributed by atoms with Crippen LogP contribution in [-0.4, -0.2) is 17.1 Å². The summed E-state index contributed by atoms with van der Waals surface area (Å²) in [6.07, 6.45) is 0. The largest absolute Gasteiger partial charge is 0.502 e.